The molecule has 4 aromatic rings. The van der Waals surface area contributed by atoms with E-state index >= 15 is 0 Å². The lowest BCUT2D eigenvalue weighted by Crippen LogP contribution is -2.54. The predicted octanol–water partition coefficient (Wildman–Crippen LogP) is 6.38. The second kappa shape index (κ2) is 17.6. The maximum atomic E-state index is 14.9. The molecular weight excluding hydrogens is 750 g/mol. The van der Waals surface area contributed by atoms with Crippen LogP contribution in [0.15, 0.2) is 100 Å². The van der Waals surface area contributed by atoms with E-state index in [4.69, 9.17) is 18.9 Å². The standard InChI is InChI=1S/C39H44BrN3O8S/c1-48-31-18-20-35(49-2)33(23-31)43(52(46,47)32-19-21-36(50-3)37(24-32)51-4)26-38(44)42(25-28-14-16-29(40)17-15-28)34(22-27-10-6-5-7-11-27)39(45)41-30-12-8-9-13-30/h5-7,10-11,14-21,23-24,30,34H,8-9,12-13,22,25-26H2,1-4H3,(H,41,45)/t34-/m0/s1. The molecule has 1 aliphatic rings. The molecule has 4 aromatic carbocycles. The molecule has 0 aromatic heterocycles. The third-order valence-corrected chi connectivity index (χ3v) is 11.4. The van der Waals surface area contributed by atoms with Crippen LogP contribution in [-0.4, -0.2) is 72.2 Å². The first-order chi connectivity index (χ1) is 25.1. The zero-order chi connectivity index (χ0) is 37.3. The van der Waals surface area contributed by atoms with Crippen LogP contribution in [0.25, 0.3) is 0 Å². The molecule has 1 aliphatic carbocycles. The Morgan fingerprint density at radius 1 is 0.788 bits per heavy atom. The van der Waals surface area contributed by atoms with Crippen molar-refractivity contribution in [3.63, 3.8) is 0 Å². The van der Waals surface area contributed by atoms with Crippen LogP contribution in [0.3, 0.4) is 0 Å². The number of amides is 2. The lowest BCUT2D eigenvalue weighted by atomic mass is 10.0. The molecule has 1 N–H and O–H groups in total. The Bertz CT molecular complexity index is 1940. The molecule has 0 heterocycles. The molecule has 0 radical (unpaired) electrons. The van der Waals surface area contributed by atoms with Crippen molar-refractivity contribution in [3.05, 3.63) is 107 Å². The number of carbonyl (C=O) groups excluding carboxylic acids is 2. The minimum atomic E-state index is -4.49. The molecule has 2 amide bonds. The Morgan fingerprint density at radius 2 is 1.44 bits per heavy atom. The zero-order valence-electron chi connectivity index (χ0n) is 29.7. The summed E-state index contributed by atoms with van der Waals surface area (Å²) in [7, 11) is 1.24. The van der Waals surface area contributed by atoms with Gasteiger partial charge in [-0.3, -0.25) is 13.9 Å². The van der Waals surface area contributed by atoms with Crippen LogP contribution in [0, 0.1) is 0 Å². The molecule has 52 heavy (non-hydrogen) atoms. The van der Waals surface area contributed by atoms with Crippen molar-refractivity contribution in [2.75, 3.05) is 39.3 Å². The normalized spacial score (nSPS) is 13.6. The van der Waals surface area contributed by atoms with Gasteiger partial charge in [0.25, 0.3) is 10.0 Å². The Hall–Kier alpha value is -4.75. The van der Waals surface area contributed by atoms with E-state index in [9.17, 15) is 18.0 Å². The number of nitrogens with one attached hydrogen (secondary N) is 1. The fourth-order valence-electron chi connectivity index (χ4n) is 6.32. The van der Waals surface area contributed by atoms with Gasteiger partial charge < -0.3 is 29.2 Å². The molecule has 1 saturated carbocycles. The smallest absolute Gasteiger partial charge is 0.265 e. The highest BCUT2D eigenvalue weighted by molar-refractivity contribution is 9.10. The first kappa shape index (κ1) is 38.5. The number of methoxy groups -OCH3 is 4. The van der Waals surface area contributed by atoms with Gasteiger partial charge in [-0.15, -0.1) is 0 Å². The van der Waals surface area contributed by atoms with E-state index in [-0.39, 0.29) is 47.0 Å². The lowest BCUT2D eigenvalue weighted by molar-refractivity contribution is -0.140. The van der Waals surface area contributed by atoms with Crippen molar-refractivity contribution < 1.29 is 37.0 Å². The van der Waals surface area contributed by atoms with Gasteiger partial charge in [0.2, 0.25) is 11.8 Å². The van der Waals surface area contributed by atoms with Crippen LogP contribution >= 0.6 is 15.9 Å². The first-order valence-electron chi connectivity index (χ1n) is 16.9. The van der Waals surface area contributed by atoms with Gasteiger partial charge in [0.15, 0.2) is 11.5 Å². The third-order valence-electron chi connectivity index (χ3n) is 9.12. The minimum absolute atomic E-state index is 0.00150. The van der Waals surface area contributed by atoms with E-state index in [0.29, 0.717) is 11.5 Å². The zero-order valence-corrected chi connectivity index (χ0v) is 32.1. The van der Waals surface area contributed by atoms with E-state index in [0.717, 1.165) is 45.6 Å². The molecule has 1 atom stereocenters. The number of ether oxygens (including phenoxy) is 4. The van der Waals surface area contributed by atoms with Gasteiger partial charge in [-0.25, -0.2) is 8.42 Å². The highest BCUT2D eigenvalue weighted by Crippen LogP contribution is 2.38. The van der Waals surface area contributed by atoms with Crippen LogP contribution in [-0.2, 0) is 32.6 Å². The number of sulfonamides is 1. The summed E-state index contributed by atoms with van der Waals surface area (Å²) in [5.74, 6) is 0.169. The van der Waals surface area contributed by atoms with Gasteiger partial charge in [0.1, 0.15) is 24.1 Å². The van der Waals surface area contributed by atoms with Crippen LogP contribution in [0.4, 0.5) is 5.69 Å². The van der Waals surface area contributed by atoms with E-state index in [1.54, 1.807) is 12.1 Å². The van der Waals surface area contributed by atoms with E-state index in [2.05, 4.69) is 21.2 Å². The van der Waals surface area contributed by atoms with Gasteiger partial charge in [-0.05, 0) is 60.4 Å². The molecule has 0 aliphatic heterocycles. The summed E-state index contributed by atoms with van der Waals surface area (Å²) in [6.07, 6.45) is 3.96. The largest absolute Gasteiger partial charge is 0.497 e. The fourth-order valence-corrected chi connectivity index (χ4v) is 8.01. The SMILES string of the molecule is COc1ccc(OC)c(N(CC(=O)N(Cc2ccc(Br)cc2)[C@@H](Cc2ccccc2)C(=O)NC2CCCC2)S(=O)(=O)c2ccc(OC)c(OC)c2)c1. The van der Waals surface area contributed by atoms with Crippen LogP contribution < -0.4 is 28.6 Å². The average Bonchev–Trinajstić information content (AvgIpc) is 3.68. The molecule has 5 rings (SSSR count). The molecule has 11 nitrogen and oxygen atoms in total. The second-order valence-electron chi connectivity index (χ2n) is 12.4. The Balaban J connectivity index is 1.64. The Kier molecular flexibility index (Phi) is 13.1. The quantitative estimate of drug-likeness (QED) is 0.139. The number of nitrogens with zero attached hydrogens (tertiary/aromatic N) is 2. The van der Waals surface area contributed by atoms with Crippen molar-refractivity contribution in [2.45, 2.75) is 55.6 Å². The predicted molar refractivity (Wildman–Crippen MR) is 203 cm³/mol. The van der Waals surface area contributed by atoms with Crippen LogP contribution in [0.1, 0.15) is 36.8 Å². The van der Waals surface area contributed by atoms with Crippen LogP contribution in [0.2, 0.25) is 0 Å². The monoisotopic (exact) mass is 793 g/mol. The van der Waals surface area contributed by atoms with Gasteiger partial charge >= 0.3 is 0 Å². The fraction of sp³-hybridized carbons (Fsp3) is 0.333. The molecular formula is C39H44BrN3O8S. The van der Waals surface area contributed by atoms with Crippen molar-refractivity contribution >= 4 is 43.5 Å². The maximum Gasteiger partial charge on any atom is 0.265 e. The summed E-state index contributed by atoms with van der Waals surface area (Å²) in [6, 6.07) is 24.9. The van der Waals surface area contributed by atoms with E-state index in [1.165, 1.54) is 57.6 Å². The minimum Gasteiger partial charge on any atom is -0.497 e. The summed E-state index contributed by atoms with van der Waals surface area (Å²) < 4.78 is 53.2. The molecule has 0 unspecified atom stereocenters. The topological polar surface area (TPSA) is 124 Å². The van der Waals surface area contributed by atoms with E-state index in [1.807, 2.05) is 54.6 Å². The highest BCUT2D eigenvalue weighted by Gasteiger charge is 2.37. The molecule has 0 saturated heterocycles. The summed E-state index contributed by atoms with van der Waals surface area (Å²) in [5, 5.41) is 3.19. The Labute approximate surface area is 314 Å². The van der Waals surface area contributed by atoms with Gasteiger partial charge in [-0.1, -0.05) is 71.2 Å². The number of anilines is 1. The number of hydrogen-bond acceptors (Lipinski definition) is 8. The highest BCUT2D eigenvalue weighted by atomic mass is 79.9. The van der Waals surface area contributed by atoms with Crippen molar-refractivity contribution in [2.24, 2.45) is 0 Å². The second-order valence-corrected chi connectivity index (χ2v) is 15.2. The van der Waals surface area contributed by atoms with Crippen molar-refractivity contribution in [1.82, 2.24) is 10.2 Å². The molecule has 276 valence electrons. The van der Waals surface area contributed by atoms with E-state index < -0.39 is 28.5 Å². The molecule has 0 bridgehead atoms. The molecule has 0 spiro atoms. The summed E-state index contributed by atoms with van der Waals surface area (Å²) in [6.45, 7) is -0.625. The maximum absolute atomic E-state index is 14.9. The van der Waals surface area contributed by atoms with Crippen molar-refractivity contribution in [3.8, 4) is 23.0 Å². The summed E-state index contributed by atoms with van der Waals surface area (Å²) in [4.78, 5) is 30.5. The summed E-state index contributed by atoms with van der Waals surface area (Å²) in [5.41, 5.74) is 1.69. The number of benzene rings is 4. The van der Waals surface area contributed by atoms with Gasteiger partial charge in [-0.2, -0.15) is 0 Å². The Morgan fingerprint density at radius 3 is 2.08 bits per heavy atom. The first-order valence-corrected chi connectivity index (χ1v) is 19.2. The van der Waals surface area contributed by atoms with Crippen molar-refractivity contribution in [1.29, 1.82) is 0 Å². The number of hydrogen-bond donors (Lipinski definition) is 1. The van der Waals surface area contributed by atoms with Crippen LogP contribution in [0.5, 0.6) is 23.0 Å². The number of carbonyl (C=O) groups is 2. The molecule has 13 heteroatoms. The number of halogens is 1. The average molecular weight is 795 g/mol. The van der Waals surface area contributed by atoms with Gasteiger partial charge in [0.05, 0.1) is 39.0 Å². The number of rotatable bonds is 16. The molecule has 1 fully saturated rings. The third kappa shape index (κ3) is 9.18. The van der Waals surface area contributed by atoms with Gasteiger partial charge in [0, 0.05) is 35.6 Å². The lowest BCUT2D eigenvalue weighted by Gasteiger charge is -2.34. The summed E-state index contributed by atoms with van der Waals surface area (Å²) >= 11 is 3.48.